The number of hydrogen-bond acceptors (Lipinski definition) is 4. The Morgan fingerprint density at radius 3 is 0.776 bits per heavy atom. The fourth-order valence-electron chi connectivity index (χ4n) is 12.3. The predicted octanol–water partition coefficient (Wildman–Crippen LogP) is 17.9. The molecule has 0 saturated heterocycles. The first kappa shape index (κ1) is 61.9. The van der Waals surface area contributed by atoms with E-state index in [4.69, 9.17) is 18.9 Å². The van der Waals surface area contributed by atoms with Crippen LogP contribution in [0, 0.1) is 5.92 Å². The molecule has 4 aromatic rings. The maximum absolute atomic E-state index is 6.58. The summed E-state index contributed by atoms with van der Waals surface area (Å²) >= 11 is 0. The van der Waals surface area contributed by atoms with E-state index in [9.17, 15) is 0 Å². The minimum atomic E-state index is -1.07. The summed E-state index contributed by atoms with van der Waals surface area (Å²) in [6.07, 6.45) is 8.57. The van der Waals surface area contributed by atoms with Gasteiger partial charge in [-0.2, -0.15) is 0 Å². The van der Waals surface area contributed by atoms with E-state index >= 15 is 0 Å². The standard InChI is InChI=1S/C70H106O4P2/c1-63(2,3)49-35-45(36-50(59(49)71-25)64(4,5)6)75(46-37-51(65(7,8)9)60(72-26)52(38-46)66(10,11)12)57-33-43-31-29-30-32-44(43)34-58(57)76(47-39-53(67(13,14)15)61(73-27)54(40-47)68(16,17)18)48-41-55(69(19,20)21)62(74-28)56(42-48)70(22,23)24/h31,35-42,44,57-58H,29-30,32-34H2,1-28H3. The number of hydrogen-bond donors (Lipinski definition) is 0. The molecular formula is C70H106O4P2. The molecule has 4 nitrogen and oxygen atoms in total. The van der Waals surface area contributed by atoms with Crippen molar-refractivity contribution in [3.63, 3.8) is 0 Å². The number of benzene rings is 4. The zero-order valence-corrected chi connectivity index (χ0v) is 55.3. The molecule has 0 aliphatic heterocycles. The van der Waals surface area contributed by atoms with E-state index in [2.05, 4.69) is 221 Å². The first-order chi connectivity index (χ1) is 34.6. The van der Waals surface area contributed by atoms with Gasteiger partial charge in [0.2, 0.25) is 0 Å². The second-order valence-electron chi connectivity index (χ2n) is 31.0. The Labute approximate surface area is 468 Å². The molecule has 1 saturated carbocycles. The molecule has 0 aromatic heterocycles. The lowest BCUT2D eigenvalue weighted by Crippen LogP contribution is -2.42. The topological polar surface area (TPSA) is 36.9 Å². The second-order valence-corrected chi connectivity index (χ2v) is 35.9. The highest BCUT2D eigenvalue weighted by Gasteiger charge is 2.47. The number of fused-ring (bicyclic) bond motifs is 1. The third-order valence-corrected chi connectivity index (χ3v) is 22.4. The fourth-order valence-corrected chi connectivity index (χ4v) is 19.1. The van der Waals surface area contributed by atoms with Crippen molar-refractivity contribution in [3.8, 4) is 23.0 Å². The Balaban J connectivity index is 1.94. The van der Waals surface area contributed by atoms with Crippen LogP contribution < -0.4 is 40.2 Å². The first-order valence-corrected chi connectivity index (χ1v) is 31.6. The van der Waals surface area contributed by atoms with Gasteiger partial charge in [-0.1, -0.05) is 178 Å². The van der Waals surface area contributed by atoms with Crippen molar-refractivity contribution >= 4 is 37.1 Å². The van der Waals surface area contributed by atoms with Crippen LogP contribution in [-0.2, 0) is 43.3 Å². The minimum Gasteiger partial charge on any atom is -0.496 e. The van der Waals surface area contributed by atoms with E-state index in [1.54, 1.807) is 5.57 Å². The van der Waals surface area contributed by atoms with Gasteiger partial charge in [0.1, 0.15) is 23.0 Å². The van der Waals surface area contributed by atoms with Crippen LogP contribution in [0.4, 0.5) is 0 Å². The quantitative estimate of drug-likeness (QED) is 0.117. The van der Waals surface area contributed by atoms with E-state index in [0.717, 1.165) is 42.3 Å². The number of allylic oxidation sites excluding steroid dienone is 2. The predicted molar refractivity (Wildman–Crippen MR) is 336 cm³/mol. The third-order valence-electron chi connectivity index (χ3n) is 16.5. The number of methoxy groups -OCH3 is 4. The lowest BCUT2D eigenvalue weighted by Gasteiger charge is -2.48. The van der Waals surface area contributed by atoms with E-state index in [0.29, 0.717) is 17.2 Å². The Hall–Kier alpha value is -3.32. The maximum atomic E-state index is 6.58. The smallest absolute Gasteiger partial charge is 0.126 e. The maximum Gasteiger partial charge on any atom is 0.126 e. The van der Waals surface area contributed by atoms with Gasteiger partial charge in [0.25, 0.3) is 0 Å². The van der Waals surface area contributed by atoms with E-state index < -0.39 is 15.8 Å². The SMILES string of the molecule is COc1c(C(C)(C)C)cc(P(c2cc(C(C)(C)C)c(OC)c(C(C)(C)C)c2)C2CC3=CCCCC3CC2P(c2cc(C(C)(C)C)c(OC)c(C(C)(C)C)c2)c2cc(C(C)(C)C)c(OC)c(C(C)(C)C)c2)cc1C(C)(C)C. The van der Waals surface area contributed by atoms with Gasteiger partial charge in [-0.15, -0.1) is 0 Å². The van der Waals surface area contributed by atoms with Crippen LogP contribution >= 0.6 is 15.8 Å². The molecule has 6 heteroatoms. The monoisotopic (exact) mass is 1070 g/mol. The normalized spacial score (nSPS) is 18.4. The van der Waals surface area contributed by atoms with Crippen LogP contribution in [0.2, 0.25) is 0 Å². The highest BCUT2D eigenvalue weighted by molar-refractivity contribution is 7.77. The summed E-state index contributed by atoms with van der Waals surface area (Å²) in [7, 11) is 5.42. The van der Waals surface area contributed by atoms with E-state index in [1.807, 2.05) is 28.4 Å². The van der Waals surface area contributed by atoms with Crippen molar-refractivity contribution in [1.29, 1.82) is 0 Å². The van der Waals surface area contributed by atoms with Crippen LogP contribution in [-0.4, -0.2) is 39.8 Å². The van der Waals surface area contributed by atoms with Gasteiger partial charge in [-0.3, -0.25) is 0 Å². The van der Waals surface area contributed by atoms with Gasteiger partial charge in [0, 0.05) is 44.5 Å². The molecule has 3 unspecified atom stereocenters. The molecule has 76 heavy (non-hydrogen) atoms. The summed E-state index contributed by atoms with van der Waals surface area (Å²) < 4.78 is 26.3. The molecule has 0 amide bonds. The van der Waals surface area contributed by atoms with E-state index in [-0.39, 0.29) is 43.3 Å². The average Bonchev–Trinajstić information content (AvgIpc) is 3.28. The van der Waals surface area contributed by atoms with Crippen molar-refractivity contribution in [2.24, 2.45) is 5.92 Å². The van der Waals surface area contributed by atoms with Gasteiger partial charge in [0.15, 0.2) is 0 Å². The van der Waals surface area contributed by atoms with Gasteiger partial charge in [0.05, 0.1) is 28.4 Å². The molecule has 0 heterocycles. The Morgan fingerprint density at radius 1 is 0.342 bits per heavy atom. The molecule has 4 aromatic carbocycles. The summed E-state index contributed by atoms with van der Waals surface area (Å²) in [6, 6.07) is 20.9. The first-order valence-electron chi connectivity index (χ1n) is 28.8. The molecule has 420 valence electrons. The average molecular weight is 1070 g/mol. The molecule has 1 fully saturated rings. The summed E-state index contributed by atoms with van der Waals surface area (Å²) in [5, 5.41) is 5.84. The van der Waals surface area contributed by atoms with Crippen LogP contribution in [0.25, 0.3) is 0 Å². The van der Waals surface area contributed by atoms with Crippen molar-refractivity contribution in [3.05, 3.63) is 105 Å². The molecule has 0 spiro atoms. The van der Waals surface area contributed by atoms with Gasteiger partial charge in [-0.05, 0) is 178 Å². The van der Waals surface area contributed by atoms with Crippen molar-refractivity contribution in [2.45, 2.75) is 253 Å². The molecule has 0 bridgehead atoms. The molecule has 6 rings (SSSR count). The molecule has 0 radical (unpaired) electrons. The van der Waals surface area contributed by atoms with Gasteiger partial charge < -0.3 is 18.9 Å². The van der Waals surface area contributed by atoms with Crippen molar-refractivity contribution in [1.82, 2.24) is 0 Å². The number of rotatable bonds is 10. The minimum absolute atomic E-state index is 0.168. The number of ether oxygens (including phenoxy) is 4. The molecule has 0 N–H and O–H groups in total. The summed E-state index contributed by atoms with van der Waals surface area (Å²) in [5.41, 5.74) is 11.3. The van der Waals surface area contributed by atoms with Crippen molar-refractivity contribution < 1.29 is 18.9 Å². The van der Waals surface area contributed by atoms with Crippen LogP contribution in [0.1, 0.15) is 243 Å². The molecule has 2 aliphatic carbocycles. The summed E-state index contributed by atoms with van der Waals surface area (Å²) in [6.45, 7) is 57.0. The highest BCUT2D eigenvalue weighted by Crippen LogP contribution is 2.62. The van der Waals surface area contributed by atoms with Crippen LogP contribution in [0.5, 0.6) is 23.0 Å². The zero-order valence-electron chi connectivity index (χ0n) is 53.5. The zero-order chi connectivity index (χ0) is 57.4. The van der Waals surface area contributed by atoms with Crippen molar-refractivity contribution in [2.75, 3.05) is 28.4 Å². The van der Waals surface area contributed by atoms with Crippen LogP contribution in [0.15, 0.2) is 60.2 Å². The van der Waals surface area contributed by atoms with Gasteiger partial charge >= 0.3 is 0 Å². The Morgan fingerprint density at radius 2 is 0.566 bits per heavy atom. The molecule has 2 aliphatic rings. The second kappa shape index (κ2) is 21.6. The Kier molecular flexibility index (Phi) is 17.6. The summed E-state index contributed by atoms with van der Waals surface area (Å²) in [4.78, 5) is 0. The summed E-state index contributed by atoms with van der Waals surface area (Å²) in [5.74, 6) is 4.66. The van der Waals surface area contributed by atoms with Gasteiger partial charge in [-0.25, -0.2) is 0 Å². The molecule has 3 atom stereocenters. The highest BCUT2D eigenvalue weighted by atomic mass is 31.1. The lowest BCUT2D eigenvalue weighted by molar-refractivity contribution is 0.381. The third kappa shape index (κ3) is 12.8. The largest absolute Gasteiger partial charge is 0.496 e. The molecular weight excluding hydrogens is 967 g/mol. The fraction of sp³-hybridized carbons (Fsp3) is 0.629. The van der Waals surface area contributed by atoms with Crippen LogP contribution in [0.3, 0.4) is 0 Å². The Bertz CT molecular complexity index is 2460. The van der Waals surface area contributed by atoms with E-state index in [1.165, 1.54) is 78.6 Å². The lowest BCUT2D eigenvalue weighted by atomic mass is 9.77.